The Kier molecular flexibility index (Phi) is 7.64. The summed E-state index contributed by atoms with van der Waals surface area (Å²) in [6, 6.07) is 6.47. The van der Waals surface area contributed by atoms with Crippen molar-refractivity contribution < 1.29 is 14.3 Å². The van der Waals surface area contributed by atoms with Gasteiger partial charge in [0.1, 0.15) is 0 Å². The fourth-order valence-electron chi connectivity index (χ4n) is 5.55. The van der Waals surface area contributed by atoms with Gasteiger partial charge in [0.2, 0.25) is 0 Å². The second-order valence-corrected chi connectivity index (χ2v) is 8.71. The Morgan fingerprint density at radius 1 is 1.17 bits per heavy atom. The highest BCUT2D eigenvalue weighted by atomic mass is 35.5. The number of nitrogens with zero attached hydrogens (tertiary/aromatic N) is 1. The van der Waals surface area contributed by atoms with Crippen LogP contribution in [0.1, 0.15) is 56.1 Å². The number of hydrogen-bond donors (Lipinski definition) is 2. The summed E-state index contributed by atoms with van der Waals surface area (Å²) in [4.78, 5) is 27.1. The molecule has 2 aliphatic heterocycles. The summed E-state index contributed by atoms with van der Waals surface area (Å²) < 4.78 is 4.93. The average molecular weight is 436 g/mol. The summed E-state index contributed by atoms with van der Waals surface area (Å²) in [5.74, 6) is 0.202. The number of ether oxygens (including phenoxy) is 1. The summed E-state index contributed by atoms with van der Waals surface area (Å²) in [6.45, 7) is 2.58. The standard InChI is InChI=1S/C23H33N3O3.ClH/c1-29-21(27)9-12-23(19-5-3-2-4-6-19)16-25-22(28)26(23)20-8-7-17-10-13-24-14-11-18(17)15-20;/h7-8,15,19,24H,2-6,9-14,16H2,1H3,(H,25,28);1H. The highest BCUT2D eigenvalue weighted by Crippen LogP contribution is 2.44. The van der Waals surface area contributed by atoms with Crippen LogP contribution < -0.4 is 15.5 Å². The van der Waals surface area contributed by atoms with Gasteiger partial charge in [-0.15, -0.1) is 12.4 Å². The molecule has 6 nitrogen and oxygen atoms in total. The van der Waals surface area contributed by atoms with Crippen molar-refractivity contribution >= 4 is 30.1 Å². The van der Waals surface area contributed by atoms with Gasteiger partial charge in [-0.2, -0.15) is 0 Å². The maximum atomic E-state index is 13.1. The SMILES string of the molecule is COC(=O)CCC1(C2CCCCC2)CNC(=O)N1c1ccc2c(c1)CCNCC2.Cl. The zero-order chi connectivity index (χ0) is 20.3. The van der Waals surface area contributed by atoms with Crippen LogP contribution in [0.15, 0.2) is 18.2 Å². The number of esters is 1. The molecule has 1 aromatic carbocycles. The molecule has 2 N–H and O–H groups in total. The molecule has 4 rings (SSSR count). The molecule has 3 aliphatic rings. The number of hydrogen-bond acceptors (Lipinski definition) is 4. The van der Waals surface area contributed by atoms with E-state index in [-0.39, 0.29) is 29.9 Å². The van der Waals surface area contributed by atoms with Gasteiger partial charge in [0.25, 0.3) is 0 Å². The van der Waals surface area contributed by atoms with Gasteiger partial charge >= 0.3 is 12.0 Å². The maximum Gasteiger partial charge on any atom is 0.322 e. The molecule has 2 heterocycles. The third-order valence-corrected chi connectivity index (χ3v) is 7.14. The summed E-state index contributed by atoms with van der Waals surface area (Å²) in [5.41, 5.74) is 3.31. The summed E-state index contributed by atoms with van der Waals surface area (Å²) >= 11 is 0. The Morgan fingerprint density at radius 3 is 2.63 bits per heavy atom. The van der Waals surface area contributed by atoms with Crippen LogP contribution in [0.4, 0.5) is 10.5 Å². The average Bonchev–Trinajstić information content (AvgIpc) is 2.93. The molecule has 2 amide bonds. The van der Waals surface area contributed by atoms with Crippen molar-refractivity contribution in [2.24, 2.45) is 5.92 Å². The van der Waals surface area contributed by atoms with Crippen LogP contribution in [-0.2, 0) is 22.4 Å². The first-order valence-electron chi connectivity index (χ1n) is 11.1. The smallest absolute Gasteiger partial charge is 0.322 e. The van der Waals surface area contributed by atoms with Crippen LogP contribution in [0.5, 0.6) is 0 Å². The topological polar surface area (TPSA) is 70.7 Å². The zero-order valence-electron chi connectivity index (χ0n) is 17.9. The van der Waals surface area contributed by atoms with Crippen LogP contribution in [0, 0.1) is 5.92 Å². The lowest BCUT2D eigenvalue weighted by Gasteiger charge is -2.45. The molecule has 0 bridgehead atoms. The number of amides is 2. The lowest BCUT2D eigenvalue weighted by molar-refractivity contribution is -0.141. The van der Waals surface area contributed by atoms with Crippen molar-refractivity contribution in [2.45, 2.75) is 63.3 Å². The quantitative estimate of drug-likeness (QED) is 0.693. The van der Waals surface area contributed by atoms with E-state index in [1.807, 2.05) is 4.90 Å². The zero-order valence-corrected chi connectivity index (χ0v) is 18.7. The summed E-state index contributed by atoms with van der Waals surface area (Å²) in [5, 5.41) is 6.57. The van der Waals surface area contributed by atoms with Gasteiger partial charge in [0, 0.05) is 18.7 Å². The Labute approximate surface area is 185 Å². The fourth-order valence-corrected chi connectivity index (χ4v) is 5.55. The van der Waals surface area contributed by atoms with Crippen molar-refractivity contribution in [1.82, 2.24) is 10.6 Å². The minimum atomic E-state index is -0.358. The number of anilines is 1. The molecule has 2 fully saturated rings. The van der Waals surface area contributed by atoms with E-state index in [1.54, 1.807) is 0 Å². The van der Waals surface area contributed by atoms with Gasteiger partial charge in [0.15, 0.2) is 0 Å². The lowest BCUT2D eigenvalue weighted by Crippen LogP contribution is -2.54. The van der Waals surface area contributed by atoms with Gasteiger partial charge in [-0.05, 0) is 74.4 Å². The van der Waals surface area contributed by atoms with Crippen LogP contribution in [0.2, 0.25) is 0 Å². The first kappa shape index (κ1) is 22.9. The van der Waals surface area contributed by atoms with Crippen LogP contribution in [0.3, 0.4) is 0 Å². The molecule has 1 atom stereocenters. The number of methoxy groups -OCH3 is 1. The van der Waals surface area contributed by atoms with Crippen molar-refractivity contribution in [3.8, 4) is 0 Å². The normalized spacial score (nSPS) is 24.4. The molecular weight excluding hydrogens is 402 g/mol. The first-order valence-corrected chi connectivity index (χ1v) is 11.1. The molecule has 1 aromatic rings. The van der Waals surface area contributed by atoms with E-state index in [0.29, 0.717) is 25.3 Å². The van der Waals surface area contributed by atoms with Gasteiger partial charge < -0.3 is 15.4 Å². The highest BCUT2D eigenvalue weighted by Gasteiger charge is 2.51. The number of carbonyl (C=O) groups excluding carboxylic acids is 2. The number of rotatable bonds is 5. The number of fused-ring (bicyclic) bond motifs is 1. The highest BCUT2D eigenvalue weighted by molar-refractivity contribution is 5.96. The summed E-state index contributed by atoms with van der Waals surface area (Å²) in [7, 11) is 1.44. The van der Waals surface area contributed by atoms with E-state index in [4.69, 9.17) is 4.74 Å². The van der Waals surface area contributed by atoms with E-state index >= 15 is 0 Å². The maximum absolute atomic E-state index is 13.1. The van der Waals surface area contributed by atoms with E-state index in [1.165, 1.54) is 37.5 Å². The third-order valence-electron chi connectivity index (χ3n) is 7.14. The number of carbonyl (C=O) groups is 2. The predicted octanol–water partition coefficient (Wildman–Crippen LogP) is 3.60. The Morgan fingerprint density at radius 2 is 1.90 bits per heavy atom. The molecule has 1 saturated heterocycles. The monoisotopic (exact) mass is 435 g/mol. The minimum Gasteiger partial charge on any atom is -0.469 e. The molecule has 0 spiro atoms. The van der Waals surface area contributed by atoms with E-state index in [9.17, 15) is 9.59 Å². The van der Waals surface area contributed by atoms with E-state index in [2.05, 4.69) is 28.8 Å². The second kappa shape index (κ2) is 10.0. The van der Waals surface area contributed by atoms with Crippen molar-refractivity contribution in [1.29, 1.82) is 0 Å². The van der Waals surface area contributed by atoms with Crippen LogP contribution in [0.25, 0.3) is 0 Å². The van der Waals surface area contributed by atoms with Crippen molar-refractivity contribution in [3.05, 3.63) is 29.3 Å². The molecule has 166 valence electrons. The molecule has 30 heavy (non-hydrogen) atoms. The Hall–Kier alpha value is -1.79. The molecule has 0 radical (unpaired) electrons. The Bertz CT molecular complexity index is 766. The molecule has 7 heteroatoms. The molecule has 1 unspecified atom stereocenters. The van der Waals surface area contributed by atoms with E-state index < -0.39 is 0 Å². The lowest BCUT2D eigenvalue weighted by atomic mass is 9.71. The van der Waals surface area contributed by atoms with Crippen molar-refractivity contribution in [2.75, 3.05) is 31.6 Å². The fraction of sp³-hybridized carbons (Fsp3) is 0.652. The Balaban J connectivity index is 0.00000256. The van der Waals surface area contributed by atoms with Gasteiger partial charge in [-0.1, -0.05) is 25.3 Å². The summed E-state index contributed by atoms with van der Waals surface area (Å²) in [6.07, 6.45) is 8.87. The van der Waals surface area contributed by atoms with Crippen LogP contribution in [-0.4, -0.2) is 44.3 Å². The van der Waals surface area contributed by atoms with Gasteiger partial charge in [-0.25, -0.2) is 4.79 Å². The number of halogens is 1. The van der Waals surface area contributed by atoms with Gasteiger partial charge in [-0.3, -0.25) is 9.69 Å². The first-order chi connectivity index (χ1) is 14.1. The van der Waals surface area contributed by atoms with Crippen LogP contribution >= 0.6 is 12.4 Å². The van der Waals surface area contributed by atoms with E-state index in [0.717, 1.165) is 44.5 Å². The molecule has 1 aliphatic carbocycles. The second-order valence-electron chi connectivity index (χ2n) is 8.71. The largest absolute Gasteiger partial charge is 0.469 e. The molecular formula is C23H34ClN3O3. The molecule has 1 saturated carbocycles. The number of urea groups is 1. The number of benzene rings is 1. The third kappa shape index (κ3) is 4.45. The van der Waals surface area contributed by atoms with Gasteiger partial charge in [0.05, 0.1) is 12.6 Å². The predicted molar refractivity (Wildman–Crippen MR) is 120 cm³/mol. The molecule has 0 aromatic heterocycles. The van der Waals surface area contributed by atoms with Crippen molar-refractivity contribution in [3.63, 3.8) is 0 Å². The number of nitrogens with one attached hydrogen (secondary N) is 2. The minimum absolute atomic E-state index is 0.